The maximum Gasteiger partial charge on any atom is 0.260 e. The summed E-state index contributed by atoms with van der Waals surface area (Å²) in [5.41, 5.74) is 2.04. The molecular formula is C6H12OSi. The van der Waals surface area contributed by atoms with Crippen LogP contribution in [0.1, 0.15) is 20.3 Å². The van der Waals surface area contributed by atoms with Gasteiger partial charge in [0.2, 0.25) is 0 Å². The second-order valence-corrected chi connectivity index (χ2v) is 2.32. The fraction of sp³-hybridized carbons (Fsp3) is 0.667. The summed E-state index contributed by atoms with van der Waals surface area (Å²) in [6.45, 7) is 5.01. The highest BCUT2D eigenvalue weighted by molar-refractivity contribution is 6.34. The largest absolute Gasteiger partial charge is 0.412 e. The zero-order valence-electron chi connectivity index (χ0n) is 5.48. The molecule has 46 valence electrons. The molecule has 0 bridgehead atoms. The third-order valence-corrected chi connectivity index (χ3v) is 1.46. The van der Waals surface area contributed by atoms with E-state index < -0.39 is 0 Å². The molecule has 0 aliphatic rings. The van der Waals surface area contributed by atoms with Crippen LogP contribution in [0.25, 0.3) is 0 Å². The molecule has 0 aromatic heterocycles. The number of rotatable bonds is 4. The predicted molar refractivity (Wildman–Crippen MR) is 36.8 cm³/mol. The minimum atomic E-state index is 0.559. The maximum absolute atomic E-state index is 5.16. The molecule has 0 spiro atoms. The fourth-order valence-corrected chi connectivity index (χ4v) is 0.831. The highest BCUT2D eigenvalue weighted by Crippen LogP contribution is 1.77. The van der Waals surface area contributed by atoms with Crippen molar-refractivity contribution in [2.24, 2.45) is 0 Å². The Labute approximate surface area is 53.7 Å². The molecule has 0 amide bonds. The molecule has 0 aliphatic heterocycles. The first-order chi connectivity index (χ1) is 3.91. The first kappa shape index (κ1) is 7.92. The van der Waals surface area contributed by atoms with Gasteiger partial charge in [0.25, 0.3) is 9.76 Å². The van der Waals surface area contributed by atoms with Crippen molar-refractivity contribution in [1.29, 1.82) is 0 Å². The summed E-state index contributed by atoms with van der Waals surface area (Å²) in [7, 11) is 0.559. The fourth-order valence-electron chi connectivity index (χ4n) is 0.277. The van der Waals surface area contributed by atoms with Gasteiger partial charge in [-0.15, -0.1) is 0 Å². The van der Waals surface area contributed by atoms with Crippen LogP contribution in [0.2, 0.25) is 0 Å². The first-order valence-corrected chi connectivity index (χ1v) is 3.88. The van der Waals surface area contributed by atoms with E-state index in [2.05, 4.69) is 6.92 Å². The summed E-state index contributed by atoms with van der Waals surface area (Å²) in [6, 6.07) is 0. The quantitative estimate of drug-likeness (QED) is 0.412. The molecule has 0 fully saturated rings. The molecule has 0 aromatic rings. The van der Waals surface area contributed by atoms with Gasteiger partial charge in [-0.1, -0.05) is 18.7 Å². The Morgan fingerprint density at radius 3 is 2.88 bits per heavy atom. The second kappa shape index (κ2) is 6.92. The maximum atomic E-state index is 5.16. The molecule has 0 N–H and O–H groups in total. The molecule has 0 saturated heterocycles. The standard InChI is InChI=1S/C6H12OSi/c1-3-5-7-8-6-4-2/h4,6H,3,5H2,1-2H3/b6-4+. The summed E-state index contributed by atoms with van der Waals surface area (Å²) in [6.07, 6.45) is 3.12. The van der Waals surface area contributed by atoms with Gasteiger partial charge >= 0.3 is 0 Å². The van der Waals surface area contributed by atoms with Crippen LogP contribution >= 0.6 is 0 Å². The van der Waals surface area contributed by atoms with Crippen LogP contribution in [-0.2, 0) is 4.43 Å². The summed E-state index contributed by atoms with van der Waals surface area (Å²) in [5, 5.41) is 0. The average Bonchev–Trinajstić information content (AvgIpc) is 1.81. The molecule has 0 atom stereocenters. The van der Waals surface area contributed by atoms with Gasteiger partial charge in [0, 0.05) is 6.61 Å². The Bertz CT molecular complexity index is 61.5. The van der Waals surface area contributed by atoms with Gasteiger partial charge in [-0.3, -0.25) is 0 Å². The Morgan fingerprint density at radius 1 is 1.62 bits per heavy atom. The lowest BCUT2D eigenvalue weighted by molar-refractivity contribution is 0.341. The second-order valence-electron chi connectivity index (χ2n) is 1.47. The van der Waals surface area contributed by atoms with Crippen LogP contribution in [0.5, 0.6) is 0 Å². The molecule has 8 heavy (non-hydrogen) atoms. The molecule has 2 radical (unpaired) electrons. The van der Waals surface area contributed by atoms with Crippen molar-refractivity contribution in [3.05, 3.63) is 11.8 Å². The van der Waals surface area contributed by atoms with Crippen LogP contribution in [0.3, 0.4) is 0 Å². The smallest absolute Gasteiger partial charge is 0.260 e. The lowest BCUT2D eigenvalue weighted by Gasteiger charge is -1.91. The van der Waals surface area contributed by atoms with E-state index in [1.807, 2.05) is 18.7 Å². The lowest BCUT2D eigenvalue weighted by atomic mass is 10.5. The van der Waals surface area contributed by atoms with Gasteiger partial charge in [-0.05, 0) is 13.3 Å². The zero-order valence-corrected chi connectivity index (χ0v) is 6.48. The average molecular weight is 128 g/mol. The van der Waals surface area contributed by atoms with Crippen molar-refractivity contribution in [1.82, 2.24) is 0 Å². The van der Waals surface area contributed by atoms with Crippen molar-refractivity contribution >= 4 is 9.76 Å². The van der Waals surface area contributed by atoms with Crippen LogP contribution in [-0.4, -0.2) is 16.4 Å². The topological polar surface area (TPSA) is 9.23 Å². The van der Waals surface area contributed by atoms with Gasteiger partial charge in [0.15, 0.2) is 0 Å². The highest BCUT2D eigenvalue weighted by atomic mass is 28.2. The third-order valence-electron chi connectivity index (χ3n) is 0.624. The van der Waals surface area contributed by atoms with E-state index in [1.165, 1.54) is 0 Å². The Balaban J connectivity index is 2.72. The van der Waals surface area contributed by atoms with Crippen molar-refractivity contribution < 1.29 is 4.43 Å². The van der Waals surface area contributed by atoms with Crippen LogP contribution in [0.4, 0.5) is 0 Å². The minimum absolute atomic E-state index is 0.559. The van der Waals surface area contributed by atoms with Crippen molar-refractivity contribution in [3.8, 4) is 0 Å². The molecule has 0 unspecified atom stereocenters. The molecule has 0 saturated carbocycles. The van der Waals surface area contributed by atoms with E-state index in [9.17, 15) is 0 Å². The van der Waals surface area contributed by atoms with Gasteiger partial charge < -0.3 is 4.43 Å². The Morgan fingerprint density at radius 2 is 2.38 bits per heavy atom. The van der Waals surface area contributed by atoms with Crippen LogP contribution in [0, 0.1) is 0 Å². The molecule has 0 aromatic carbocycles. The first-order valence-electron chi connectivity index (χ1n) is 2.90. The van der Waals surface area contributed by atoms with E-state index in [0.717, 1.165) is 13.0 Å². The van der Waals surface area contributed by atoms with Crippen LogP contribution in [0.15, 0.2) is 11.8 Å². The van der Waals surface area contributed by atoms with Crippen molar-refractivity contribution in [3.63, 3.8) is 0 Å². The zero-order chi connectivity index (χ0) is 6.24. The minimum Gasteiger partial charge on any atom is -0.412 e. The van der Waals surface area contributed by atoms with Crippen LogP contribution < -0.4 is 0 Å². The number of hydrogen-bond acceptors (Lipinski definition) is 1. The Kier molecular flexibility index (Phi) is 6.85. The van der Waals surface area contributed by atoms with E-state index in [0.29, 0.717) is 9.76 Å². The summed E-state index contributed by atoms with van der Waals surface area (Å²) >= 11 is 0. The monoisotopic (exact) mass is 128 g/mol. The number of hydrogen-bond donors (Lipinski definition) is 0. The third kappa shape index (κ3) is 5.92. The molecule has 2 heteroatoms. The summed E-state index contributed by atoms with van der Waals surface area (Å²) in [4.78, 5) is 0. The molecule has 0 aliphatic carbocycles. The van der Waals surface area contributed by atoms with E-state index >= 15 is 0 Å². The summed E-state index contributed by atoms with van der Waals surface area (Å²) < 4.78 is 5.16. The van der Waals surface area contributed by atoms with Gasteiger partial charge in [0.1, 0.15) is 0 Å². The predicted octanol–water partition coefficient (Wildman–Crippen LogP) is 1.57. The highest BCUT2D eigenvalue weighted by Gasteiger charge is 1.79. The van der Waals surface area contributed by atoms with E-state index in [4.69, 9.17) is 4.43 Å². The SMILES string of the molecule is C/C=C/[Si]OCCC. The van der Waals surface area contributed by atoms with E-state index in [-0.39, 0.29) is 0 Å². The van der Waals surface area contributed by atoms with Crippen molar-refractivity contribution in [2.75, 3.05) is 6.61 Å². The molecular weight excluding hydrogens is 116 g/mol. The Hall–Kier alpha value is -0.0831. The van der Waals surface area contributed by atoms with Gasteiger partial charge in [0.05, 0.1) is 0 Å². The van der Waals surface area contributed by atoms with Crippen molar-refractivity contribution in [2.45, 2.75) is 20.3 Å². The molecule has 1 nitrogen and oxygen atoms in total. The number of allylic oxidation sites excluding steroid dienone is 1. The van der Waals surface area contributed by atoms with Gasteiger partial charge in [-0.25, -0.2) is 0 Å². The molecule has 0 rings (SSSR count). The summed E-state index contributed by atoms with van der Waals surface area (Å²) in [5.74, 6) is 0. The lowest BCUT2D eigenvalue weighted by Crippen LogP contribution is -1.95. The normalized spacial score (nSPS) is 10.8. The van der Waals surface area contributed by atoms with Gasteiger partial charge in [-0.2, -0.15) is 0 Å². The van der Waals surface area contributed by atoms with E-state index in [1.54, 1.807) is 0 Å². The molecule has 0 heterocycles.